The SMILES string of the molecule is CCOc1cccc(CC(=O)Nc2nc(-c3ccc(Br)cc3)cs2)c1. The van der Waals surface area contributed by atoms with E-state index in [0.29, 0.717) is 11.7 Å². The number of benzene rings is 2. The molecule has 1 N–H and O–H groups in total. The lowest BCUT2D eigenvalue weighted by Gasteiger charge is -2.06. The molecule has 4 nitrogen and oxygen atoms in total. The summed E-state index contributed by atoms with van der Waals surface area (Å²) >= 11 is 4.84. The molecule has 2 aromatic carbocycles. The third-order valence-electron chi connectivity index (χ3n) is 3.46. The van der Waals surface area contributed by atoms with Crippen LogP contribution in [-0.2, 0) is 11.2 Å². The van der Waals surface area contributed by atoms with Gasteiger partial charge < -0.3 is 10.1 Å². The summed E-state index contributed by atoms with van der Waals surface area (Å²) in [5, 5.41) is 5.40. The second-order valence-corrected chi connectivity index (χ2v) is 7.12. The van der Waals surface area contributed by atoms with Crippen LogP contribution in [0.2, 0.25) is 0 Å². The van der Waals surface area contributed by atoms with Crippen molar-refractivity contribution in [2.24, 2.45) is 0 Å². The minimum Gasteiger partial charge on any atom is -0.494 e. The minimum absolute atomic E-state index is 0.0923. The van der Waals surface area contributed by atoms with E-state index in [1.807, 2.05) is 60.8 Å². The summed E-state index contributed by atoms with van der Waals surface area (Å²) in [6, 6.07) is 15.5. The summed E-state index contributed by atoms with van der Waals surface area (Å²) in [7, 11) is 0. The number of nitrogens with one attached hydrogen (secondary N) is 1. The van der Waals surface area contributed by atoms with E-state index in [9.17, 15) is 4.79 Å². The maximum atomic E-state index is 12.2. The van der Waals surface area contributed by atoms with Crippen LogP contribution in [0.1, 0.15) is 12.5 Å². The molecule has 128 valence electrons. The molecule has 3 aromatic rings. The molecule has 0 fully saturated rings. The number of carbonyl (C=O) groups excluding carboxylic acids is 1. The van der Waals surface area contributed by atoms with E-state index < -0.39 is 0 Å². The van der Waals surface area contributed by atoms with Crippen LogP contribution < -0.4 is 10.1 Å². The van der Waals surface area contributed by atoms with Crippen LogP contribution in [0.15, 0.2) is 58.4 Å². The molecule has 1 amide bonds. The molecule has 1 heterocycles. The number of aromatic nitrogens is 1. The number of halogens is 1. The number of rotatable bonds is 6. The van der Waals surface area contributed by atoms with Crippen molar-refractivity contribution < 1.29 is 9.53 Å². The van der Waals surface area contributed by atoms with Crippen molar-refractivity contribution in [1.82, 2.24) is 4.98 Å². The Labute approximate surface area is 159 Å². The van der Waals surface area contributed by atoms with Gasteiger partial charge in [0.1, 0.15) is 5.75 Å². The quantitative estimate of drug-likeness (QED) is 0.603. The first-order valence-corrected chi connectivity index (χ1v) is 9.54. The van der Waals surface area contributed by atoms with Gasteiger partial charge in [-0.05, 0) is 36.8 Å². The third kappa shape index (κ3) is 4.90. The fourth-order valence-corrected chi connectivity index (χ4v) is 3.35. The Hall–Kier alpha value is -2.18. The number of ether oxygens (including phenoxy) is 1. The highest BCUT2D eigenvalue weighted by molar-refractivity contribution is 9.10. The topological polar surface area (TPSA) is 51.2 Å². The fourth-order valence-electron chi connectivity index (χ4n) is 2.35. The van der Waals surface area contributed by atoms with E-state index in [1.54, 1.807) is 0 Å². The molecular weight excluding hydrogens is 400 g/mol. The van der Waals surface area contributed by atoms with Crippen molar-refractivity contribution in [3.8, 4) is 17.0 Å². The average molecular weight is 417 g/mol. The van der Waals surface area contributed by atoms with Crippen molar-refractivity contribution >= 4 is 38.3 Å². The number of thiazole rings is 1. The summed E-state index contributed by atoms with van der Waals surface area (Å²) in [6.07, 6.45) is 0.286. The molecule has 0 spiro atoms. The lowest BCUT2D eigenvalue weighted by Crippen LogP contribution is -2.14. The van der Waals surface area contributed by atoms with Crippen LogP contribution >= 0.6 is 27.3 Å². The average Bonchev–Trinajstić information content (AvgIpc) is 3.04. The van der Waals surface area contributed by atoms with Gasteiger partial charge >= 0.3 is 0 Å². The van der Waals surface area contributed by atoms with Crippen LogP contribution in [0.3, 0.4) is 0 Å². The van der Waals surface area contributed by atoms with Gasteiger partial charge in [0.15, 0.2) is 5.13 Å². The summed E-state index contributed by atoms with van der Waals surface area (Å²) < 4.78 is 6.48. The van der Waals surface area contributed by atoms with Crippen LogP contribution in [0, 0.1) is 0 Å². The number of hydrogen-bond acceptors (Lipinski definition) is 4. The zero-order valence-electron chi connectivity index (χ0n) is 13.7. The summed E-state index contributed by atoms with van der Waals surface area (Å²) in [4.78, 5) is 16.7. The molecule has 6 heteroatoms. The largest absolute Gasteiger partial charge is 0.494 e. The van der Waals surface area contributed by atoms with Gasteiger partial charge in [-0.3, -0.25) is 4.79 Å². The molecule has 0 aliphatic carbocycles. The molecule has 25 heavy (non-hydrogen) atoms. The van der Waals surface area contributed by atoms with Gasteiger partial charge in [-0.2, -0.15) is 0 Å². The van der Waals surface area contributed by atoms with E-state index in [2.05, 4.69) is 26.2 Å². The van der Waals surface area contributed by atoms with Crippen LogP contribution in [0.25, 0.3) is 11.3 Å². The van der Waals surface area contributed by atoms with Gasteiger partial charge in [-0.15, -0.1) is 11.3 Å². The highest BCUT2D eigenvalue weighted by atomic mass is 79.9. The maximum absolute atomic E-state index is 12.2. The molecule has 0 aliphatic rings. The van der Waals surface area contributed by atoms with Crippen molar-refractivity contribution in [3.63, 3.8) is 0 Å². The summed E-state index contributed by atoms with van der Waals surface area (Å²) in [5.74, 6) is 0.685. The van der Waals surface area contributed by atoms with E-state index in [-0.39, 0.29) is 12.3 Å². The monoisotopic (exact) mass is 416 g/mol. The smallest absolute Gasteiger partial charge is 0.230 e. The van der Waals surface area contributed by atoms with Gasteiger partial charge in [-0.1, -0.05) is 40.2 Å². The van der Waals surface area contributed by atoms with Gasteiger partial charge in [0.05, 0.1) is 18.7 Å². The predicted octanol–water partition coefficient (Wildman–Crippen LogP) is 5.15. The fraction of sp³-hybridized carbons (Fsp3) is 0.158. The Bertz CT molecular complexity index is 862. The van der Waals surface area contributed by atoms with Crippen LogP contribution in [0.4, 0.5) is 5.13 Å². The standard InChI is InChI=1S/C19H17BrN2O2S/c1-2-24-16-5-3-4-13(10-16)11-18(23)22-19-21-17(12-25-19)14-6-8-15(20)9-7-14/h3-10,12H,2,11H2,1H3,(H,21,22,23). The third-order valence-corrected chi connectivity index (χ3v) is 4.75. The zero-order valence-corrected chi connectivity index (χ0v) is 16.1. The number of nitrogens with zero attached hydrogens (tertiary/aromatic N) is 1. The molecule has 0 radical (unpaired) electrons. The van der Waals surface area contributed by atoms with Crippen LogP contribution in [0.5, 0.6) is 5.75 Å². The second kappa shape index (κ2) is 8.27. The normalized spacial score (nSPS) is 10.5. The Morgan fingerprint density at radius 1 is 1.24 bits per heavy atom. The van der Waals surface area contributed by atoms with Crippen molar-refractivity contribution in [2.75, 3.05) is 11.9 Å². The maximum Gasteiger partial charge on any atom is 0.230 e. The van der Waals surface area contributed by atoms with Gasteiger partial charge in [0, 0.05) is 15.4 Å². The molecular formula is C19H17BrN2O2S. The molecule has 0 saturated heterocycles. The highest BCUT2D eigenvalue weighted by Gasteiger charge is 2.09. The first kappa shape index (κ1) is 17.6. The summed E-state index contributed by atoms with van der Waals surface area (Å²) in [6.45, 7) is 2.54. The molecule has 0 bridgehead atoms. The molecule has 0 saturated carbocycles. The minimum atomic E-state index is -0.0923. The molecule has 0 aliphatic heterocycles. The summed E-state index contributed by atoms with van der Waals surface area (Å²) in [5.41, 5.74) is 2.78. The highest BCUT2D eigenvalue weighted by Crippen LogP contribution is 2.26. The van der Waals surface area contributed by atoms with Gasteiger partial charge in [0.25, 0.3) is 0 Å². The zero-order chi connectivity index (χ0) is 17.6. The first-order chi connectivity index (χ1) is 12.1. The number of hydrogen-bond donors (Lipinski definition) is 1. The molecule has 1 aromatic heterocycles. The van der Waals surface area contributed by atoms with E-state index in [1.165, 1.54) is 11.3 Å². The number of amides is 1. The Morgan fingerprint density at radius 2 is 2.04 bits per heavy atom. The van der Waals surface area contributed by atoms with Crippen LogP contribution in [-0.4, -0.2) is 17.5 Å². The Balaban J connectivity index is 1.63. The van der Waals surface area contributed by atoms with Crippen molar-refractivity contribution in [1.29, 1.82) is 0 Å². The predicted molar refractivity (Wildman–Crippen MR) is 105 cm³/mol. The second-order valence-electron chi connectivity index (χ2n) is 5.35. The first-order valence-electron chi connectivity index (χ1n) is 7.87. The Kier molecular flexibility index (Phi) is 5.83. The van der Waals surface area contributed by atoms with Gasteiger partial charge in [-0.25, -0.2) is 4.98 Å². The van der Waals surface area contributed by atoms with E-state index in [0.717, 1.165) is 27.0 Å². The number of anilines is 1. The van der Waals surface area contributed by atoms with E-state index >= 15 is 0 Å². The molecule has 0 atom stereocenters. The van der Waals surface area contributed by atoms with E-state index in [4.69, 9.17) is 4.74 Å². The lowest BCUT2D eigenvalue weighted by atomic mass is 10.1. The molecule has 0 unspecified atom stereocenters. The number of carbonyl (C=O) groups is 1. The molecule has 3 rings (SSSR count). The van der Waals surface area contributed by atoms with Gasteiger partial charge in [0.2, 0.25) is 5.91 Å². The lowest BCUT2D eigenvalue weighted by molar-refractivity contribution is -0.115. The van der Waals surface area contributed by atoms with Crippen molar-refractivity contribution in [3.05, 3.63) is 63.9 Å². The Morgan fingerprint density at radius 3 is 2.80 bits per heavy atom. The van der Waals surface area contributed by atoms with Crippen molar-refractivity contribution in [2.45, 2.75) is 13.3 Å².